The summed E-state index contributed by atoms with van der Waals surface area (Å²) in [7, 11) is 1.95. The van der Waals surface area contributed by atoms with Crippen molar-refractivity contribution in [2.24, 2.45) is 0 Å². The number of carbonyl (C=O) groups is 2. The summed E-state index contributed by atoms with van der Waals surface area (Å²) in [5.74, 6) is -2.17. The van der Waals surface area contributed by atoms with Gasteiger partial charge in [0.2, 0.25) is 0 Å². The predicted octanol–water partition coefficient (Wildman–Crippen LogP) is 7.95. The Labute approximate surface area is 297 Å². The molecule has 2 aliphatic rings. The first-order valence-electron chi connectivity index (χ1n) is 17.2. The van der Waals surface area contributed by atoms with Crippen LogP contribution in [0.2, 0.25) is 0 Å². The quantitative estimate of drug-likeness (QED) is 0.161. The Kier molecular flexibility index (Phi) is 8.24. The smallest absolute Gasteiger partial charge is 0.336 e. The van der Waals surface area contributed by atoms with E-state index in [1.807, 2.05) is 7.05 Å². The molecule has 6 aromatic rings. The number of carboxylic acid groups (broad SMARTS) is 2. The molecule has 8 rings (SSSR count). The van der Waals surface area contributed by atoms with Gasteiger partial charge in [-0.25, -0.2) is 38.3 Å². The molecular weight excluding hydrogens is 666 g/mol. The minimum Gasteiger partial charge on any atom is -0.478 e. The zero-order valence-corrected chi connectivity index (χ0v) is 28.4. The van der Waals surface area contributed by atoms with Crippen LogP contribution in [0.25, 0.3) is 44.6 Å². The Hall–Kier alpha value is -6.04. The molecular formula is C40H34F2N6O4. The summed E-state index contributed by atoms with van der Waals surface area (Å²) in [5.41, 5.74) is 5.07. The average molecular weight is 701 g/mol. The van der Waals surface area contributed by atoms with Crippen molar-refractivity contribution in [1.82, 2.24) is 19.9 Å². The largest absolute Gasteiger partial charge is 0.478 e. The molecule has 1 saturated heterocycles. The molecule has 1 saturated carbocycles. The highest BCUT2D eigenvalue weighted by Crippen LogP contribution is 2.42. The number of aromatic nitrogens is 4. The highest BCUT2D eigenvalue weighted by atomic mass is 19.1. The first-order chi connectivity index (χ1) is 25.0. The zero-order valence-electron chi connectivity index (χ0n) is 28.4. The molecule has 0 spiro atoms. The maximum atomic E-state index is 14.0. The highest BCUT2D eigenvalue weighted by Gasteiger charge is 2.35. The van der Waals surface area contributed by atoms with E-state index in [1.54, 1.807) is 42.5 Å². The molecule has 2 atom stereocenters. The molecule has 262 valence electrons. The Morgan fingerprint density at radius 2 is 1.37 bits per heavy atom. The molecule has 1 aliphatic carbocycles. The molecule has 3 heterocycles. The van der Waals surface area contributed by atoms with Crippen LogP contribution in [0, 0.1) is 11.6 Å². The number of benzene rings is 4. The van der Waals surface area contributed by atoms with Crippen molar-refractivity contribution in [3.05, 3.63) is 107 Å². The van der Waals surface area contributed by atoms with Gasteiger partial charge < -0.3 is 20.0 Å². The molecule has 52 heavy (non-hydrogen) atoms. The molecule has 1 aliphatic heterocycles. The van der Waals surface area contributed by atoms with Gasteiger partial charge in [0.15, 0.2) is 11.6 Å². The van der Waals surface area contributed by atoms with Crippen LogP contribution in [0.15, 0.2) is 78.9 Å². The number of carboxylic acids is 2. The Morgan fingerprint density at radius 1 is 0.731 bits per heavy atom. The molecule has 12 heteroatoms. The Balaban J connectivity index is 1.29. The van der Waals surface area contributed by atoms with Crippen LogP contribution in [-0.2, 0) is 0 Å². The first-order valence-corrected chi connectivity index (χ1v) is 17.2. The molecule has 4 aromatic carbocycles. The van der Waals surface area contributed by atoms with E-state index in [9.17, 15) is 28.6 Å². The molecule has 2 N–H and O–H groups in total. The van der Waals surface area contributed by atoms with E-state index in [4.69, 9.17) is 19.9 Å². The number of aromatic carboxylic acids is 2. The second-order valence-electron chi connectivity index (χ2n) is 13.6. The van der Waals surface area contributed by atoms with E-state index in [2.05, 4.69) is 16.7 Å². The number of piperidine rings is 1. The third kappa shape index (κ3) is 6.03. The van der Waals surface area contributed by atoms with Crippen molar-refractivity contribution in [2.75, 3.05) is 23.4 Å². The van der Waals surface area contributed by atoms with Gasteiger partial charge >= 0.3 is 11.9 Å². The van der Waals surface area contributed by atoms with Crippen LogP contribution in [0.1, 0.15) is 64.8 Å². The SMILES string of the molecule is CC1CCC(c2c(C(=O)O)ccc3nc(-c4ccc(F)cc4)c(N(C)C4CC4)nc23)CN1c1nc2cc(C(=O)O)ccc2nc1-c1ccc(F)cc1. The van der Waals surface area contributed by atoms with Crippen molar-refractivity contribution < 1.29 is 28.6 Å². The maximum absolute atomic E-state index is 14.0. The predicted molar refractivity (Wildman–Crippen MR) is 194 cm³/mol. The van der Waals surface area contributed by atoms with Crippen molar-refractivity contribution in [1.29, 1.82) is 0 Å². The minimum atomic E-state index is -1.09. The van der Waals surface area contributed by atoms with Gasteiger partial charge in [0.25, 0.3) is 0 Å². The summed E-state index contributed by atoms with van der Waals surface area (Å²) >= 11 is 0. The second kappa shape index (κ2) is 12.9. The molecule has 2 aromatic heterocycles. The van der Waals surface area contributed by atoms with E-state index >= 15 is 0 Å². The third-order valence-electron chi connectivity index (χ3n) is 10.2. The van der Waals surface area contributed by atoms with Gasteiger partial charge in [-0.05, 0) is 117 Å². The van der Waals surface area contributed by atoms with Crippen LogP contribution in [-0.4, -0.2) is 67.8 Å². The number of nitrogens with zero attached hydrogens (tertiary/aromatic N) is 6. The third-order valence-corrected chi connectivity index (χ3v) is 10.2. The highest BCUT2D eigenvalue weighted by molar-refractivity contribution is 5.98. The molecule has 0 bridgehead atoms. The number of hydrogen-bond acceptors (Lipinski definition) is 8. The van der Waals surface area contributed by atoms with Crippen molar-refractivity contribution in [3.8, 4) is 22.5 Å². The molecule has 10 nitrogen and oxygen atoms in total. The summed E-state index contributed by atoms with van der Waals surface area (Å²) in [5, 5.41) is 20.2. The van der Waals surface area contributed by atoms with Crippen LogP contribution >= 0.6 is 0 Å². The second-order valence-corrected chi connectivity index (χ2v) is 13.6. The zero-order chi connectivity index (χ0) is 36.3. The van der Waals surface area contributed by atoms with Crippen LogP contribution in [0.3, 0.4) is 0 Å². The fourth-order valence-electron chi connectivity index (χ4n) is 7.23. The lowest BCUT2D eigenvalue weighted by atomic mass is 9.84. The standard InChI is InChI=1S/C40H34F2N6O4/c1-21-3-4-25(20-48(21)38-35(23-7-12-27(42)13-8-23)43-30-17-9-24(39(49)50)19-32(30)45-38)33-29(40(51)52)16-18-31-36(33)46-37(47(2)28-14-15-28)34(44-31)22-5-10-26(41)11-6-22/h5-13,16-19,21,25,28H,3-4,14-15,20H2,1-2H3,(H,49,50)(H,51,52). The van der Waals surface area contributed by atoms with Crippen LogP contribution < -0.4 is 9.80 Å². The van der Waals surface area contributed by atoms with Gasteiger partial charge in [-0.1, -0.05) is 0 Å². The van der Waals surface area contributed by atoms with Gasteiger partial charge in [0, 0.05) is 42.7 Å². The Morgan fingerprint density at radius 3 is 2.00 bits per heavy atom. The van der Waals surface area contributed by atoms with Gasteiger partial charge in [-0.15, -0.1) is 0 Å². The maximum Gasteiger partial charge on any atom is 0.336 e. The topological polar surface area (TPSA) is 133 Å². The van der Waals surface area contributed by atoms with Crippen molar-refractivity contribution in [2.45, 2.75) is 50.6 Å². The average Bonchev–Trinajstić information content (AvgIpc) is 4.00. The van der Waals surface area contributed by atoms with E-state index in [1.165, 1.54) is 36.4 Å². The number of hydrogen-bond donors (Lipinski definition) is 2. The fourth-order valence-corrected chi connectivity index (χ4v) is 7.23. The van der Waals surface area contributed by atoms with Gasteiger partial charge in [-0.2, -0.15) is 0 Å². The van der Waals surface area contributed by atoms with Gasteiger partial charge in [0.05, 0.1) is 33.2 Å². The summed E-state index contributed by atoms with van der Waals surface area (Å²) < 4.78 is 28.0. The van der Waals surface area contributed by atoms with E-state index in [0.717, 1.165) is 12.8 Å². The van der Waals surface area contributed by atoms with Crippen molar-refractivity contribution >= 4 is 45.6 Å². The number of fused-ring (bicyclic) bond motifs is 2. The molecule has 2 fully saturated rings. The van der Waals surface area contributed by atoms with E-state index < -0.39 is 17.8 Å². The lowest BCUT2D eigenvalue weighted by Crippen LogP contribution is -2.42. The van der Waals surface area contributed by atoms with E-state index in [0.29, 0.717) is 81.2 Å². The van der Waals surface area contributed by atoms with Crippen LogP contribution in [0.4, 0.5) is 20.4 Å². The van der Waals surface area contributed by atoms with Crippen molar-refractivity contribution in [3.63, 3.8) is 0 Å². The summed E-state index contributed by atoms with van der Waals surface area (Å²) in [6.07, 6.45) is 3.32. The lowest BCUT2D eigenvalue weighted by Gasteiger charge is -2.40. The fraction of sp³-hybridized carbons (Fsp3) is 0.250. The summed E-state index contributed by atoms with van der Waals surface area (Å²) in [4.78, 5) is 49.0. The molecule has 0 radical (unpaired) electrons. The normalized spacial score (nSPS) is 17.4. The monoisotopic (exact) mass is 700 g/mol. The van der Waals surface area contributed by atoms with E-state index in [-0.39, 0.29) is 34.9 Å². The number of rotatable bonds is 8. The molecule has 0 amide bonds. The lowest BCUT2D eigenvalue weighted by molar-refractivity contribution is 0.0685. The Bertz CT molecular complexity index is 2380. The minimum absolute atomic E-state index is 0.0548. The number of halogens is 2. The van der Waals surface area contributed by atoms with Gasteiger partial charge in [-0.3, -0.25) is 0 Å². The first kappa shape index (κ1) is 33.1. The number of anilines is 2. The summed E-state index contributed by atoms with van der Waals surface area (Å²) in [6, 6.07) is 20.1. The van der Waals surface area contributed by atoms with Crippen LogP contribution in [0.5, 0.6) is 0 Å². The van der Waals surface area contributed by atoms with Gasteiger partial charge in [0.1, 0.15) is 23.0 Å². The summed E-state index contributed by atoms with van der Waals surface area (Å²) in [6.45, 7) is 2.41. The molecule has 2 unspecified atom stereocenters.